The molecule has 0 spiro atoms. The number of para-hydroxylation sites is 4. The number of nitrogens with zero attached hydrogens (tertiary/aromatic N) is 4. The lowest BCUT2D eigenvalue weighted by molar-refractivity contribution is -0.566. The zero-order chi connectivity index (χ0) is 38.3. The topological polar surface area (TPSA) is 35.3 Å². The fraction of sp³-hybridized carbons (Fsp3) is 0.0385. The van der Waals surface area contributed by atoms with Crippen molar-refractivity contribution in [3.05, 3.63) is 206 Å². The van der Waals surface area contributed by atoms with Crippen LogP contribution in [-0.4, -0.2) is 15.0 Å². The second-order valence-corrected chi connectivity index (χ2v) is 14.4. The van der Waals surface area contributed by atoms with Crippen LogP contribution in [0.15, 0.2) is 205 Å². The standard InChI is InChI=1S/C52H39N4O/c1-36-27-29-40(30-28-36)53-37(2)56-48-24-10-9-21-46(48)47-32-31-43(34-51(47)56)57-42-20-13-19-41(33-42)54-35-55(50-26-12-11-25-49(50)54)52-44(38-15-5-3-6-16-38)22-14-23-45(52)39-17-7-4-8-18-39/h3-35H,1-2H3/q+1/b53-37+. The molecule has 0 unspecified atom stereocenters. The first kappa shape index (κ1) is 34.0. The first-order chi connectivity index (χ1) is 28.1. The highest BCUT2D eigenvalue weighted by atomic mass is 16.5. The lowest BCUT2D eigenvalue weighted by Crippen LogP contribution is -2.30. The van der Waals surface area contributed by atoms with E-state index >= 15 is 0 Å². The molecule has 0 N–H and O–H groups in total. The summed E-state index contributed by atoms with van der Waals surface area (Å²) in [7, 11) is 0. The van der Waals surface area contributed by atoms with Gasteiger partial charge in [-0.25, -0.2) is 4.99 Å². The summed E-state index contributed by atoms with van der Waals surface area (Å²) in [6.07, 6.45) is 2.21. The van der Waals surface area contributed by atoms with Crippen molar-refractivity contribution in [2.75, 3.05) is 0 Å². The molecule has 10 rings (SSSR count). The van der Waals surface area contributed by atoms with Crippen molar-refractivity contribution < 1.29 is 9.30 Å². The van der Waals surface area contributed by atoms with Crippen LogP contribution < -0.4 is 9.30 Å². The molecule has 0 aliphatic heterocycles. The van der Waals surface area contributed by atoms with E-state index in [0.29, 0.717) is 0 Å². The van der Waals surface area contributed by atoms with Crippen molar-refractivity contribution in [1.82, 2.24) is 9.13 Å². The molecule has 5 heteroatoms. The van der Waals surface area contributed by atoms with Gasteiger partial charge in [0.25, 0.3) is 6.33 Å². The van der Waals surface area contributed by atoms with E-state index < -0.39 is 0 Å². The van der Waals surface area contributed by atoms with Gasteiger partial charge in [-0.15, -0.1) is 0 Å². The van der Waals surface area contributed by atoms with E-state index in [9.17, 15) is 0 Å². The van der Waals surface area contributed by atoms with Gasteiger partial charge in [-0.1, -0.05) is 133 Å². The third-order valence-electron chi connectivity index (χ3n) is 10.7. The van der Waals surface area contributed by atoms with E-state index in [4.69, 9.17) is 9.73 Å². The van der Waals surface area contributed by atoms with Crippen molar-refractivity contribution in [3.8, 4) is 45.1 Å². The number of benzene rings is 8. The van der Waals surface area contributed by atoms with Gasteiger partial charge in [0.15, 0.2) is 11.0 Å². The SMILES string of the molecule is C/C(=N\c1ccc(C)cc1)n1c2ccccc2c2ccc(Oc3cccc(-n4c[n+](-c5c(-c6ccccc6)cccc5-c5ccccc5)c5ccccc54)c3)cc21. The van der Waals surface area contributed by atoms with E-state index in [2.05, 4.69) is 222 Å². The molecule has 5 nitrogen and oxygen atoms in total. The highest BCUT2D eigenvalue weighted by molar-refractivity contribution is 6.14. The van der Waals surface area contributed by atoms with Crippen LogP contribution in [0.2, 0.25) is 0 Å². The minimum absolute atomic E-state index is 0.749. The lowest BCUT2D eigenvalue weighted by atomic mass is 9.95. The molecule has 0 aliphatic rings. The molecule has 0 atom stereocenters. The van der Waals surface area contributed by atoms with E-state index in [1.54, 1.807) is 0 Å². The Kier molecular flexibility index (Phi) is 8.53. The molecule has 0 saturated carbocycles. The largest absolute Gasteiger partial charge is 0.457 e. The maximum atomic E-state index is 6.69. The Morgan fingerprint density at radius 2 is 1.14 bits per heavy atom. The molecule has 0 aliphatic carbocycles. The third kappa shape index (κ3) is 6.25. The molecular weight excluding hydrogens is 697 g/mol. The van der Waals surface area contributed by atoms with Gasteiger partial charge in [-0.3, -0.25) is 4.57 Å². The quantitative estimate of drug-likeness (QED) is 0.0912. The van der Waals surface area contributed by atoms with E-state index in [-0.39, 0.29) is 0 Å². The first-order valence-corrected chi connectivity index (χ1v) is 19.3. The van der Waals surface area contributed by atoms with Crippen LogP contribution in [0.1, 0.15) is 12.5 Å². The van der Waals surface area contributed by atoms with Gasteiger partial charge in [-0.2, -0.15) is 9.13 Å². The Morgan fingerprint density at radius 1 is 0.526 bits per heavy atom. The molecule has 0 bridgehead atoms. The number of ether oxygens (including phenoxy) is 1. The highest BCUT2D eigenvalue weighted by Gasteiger charge is 2.25. The minimum Gasteiger partial charge on any atom is -0.457 e. The third-order valence-corrected chi connectivity index (χ3v) is 10.7. The summed E-state index contributed by atoms with van der Waals surface area (Å²) in [6, 6.07) is 67.9. The van der Waals surface area contributed by atoms with Gasteiger partial charge >= 0.3 is 0 Å². The van der Waals surface area contributed by atoms with Crippen LogP contribution >= 0.6 is 0 Å². The molecule has 0 saturated heterocycles. The number of imidazole rings is 1. The summed E-state index contributed by atoms with van der Waals surface area (Å²) in [5, 5.41) is 2.33. The fourth-order valence-corrected chi connectivity index (χ4v) is 8.05. The Balaban J connectivity index is 1.07. The number of rotatable bonds is 7. The predicted octanol–water partition coefficient (Wildman–Crippen LogP) is 13.0. The highest BCUT2D eigenvalue weighted by Crippen LogP contribution is 2.36. The average molecular weight is 736 g/mol. The van der Waals surface area contributed by atoms with Crippen LogP contribution in [0.4, 0.5) is 5.69 Å². The fourth-order valence-electron chi connectivity index (χ4n) is 8.05. The molecule has 2 aromatic heterocycles. The summed E-state index contributed by atoms with van der Waals surface area (Å²) in [5.41, 5.74) is 13.3. The first-order valence-electron chi connectivity index (χ1n) is 19.3. The van der Waals surface area contributed by atoms with E-state index in [1.807, 2.05) is 6.07 Å². The molecule has 0 radical (unpaired) electrons. The molecule has 0 fully saturated rings. The van der Waals surface area contributed by atoms with Gasteiger partial charge in [0.2, 0.25) is 0 Å². The van der Waals surface area contributed by atoms with Gasteiger partial charge in [0, 0.05) is 34.0 Å². The van der Waals surface area contributed by atoms with Gasteiger partial charge < -0.3 is 4.74 Å². The van der Waals surface area contributed by atoms with Crippen molar-refractivity contribution in [3.63, 3.8) is 0 Å². The molecule has 57 heavy (non-hydrogen) atoms. The van der Waals surface area contributed by atoms with E-state index in [0.717, 1.165) is 84.1 Å². The van der Waals surface area contributed by atoms with Crippen LogP contribution in [-0.2, 0) is 0 Å². The maximum Gasteiger partial charge on any atom is 0.255 e. The van der Waals surface area contributed by atoms with Crippen LogP contribution in [0, 0.1) is 6.92 Å². The summed E-state index contributed by atoms with van der Waals surface area (Å²) in [4.78, 5) is 5.03. The summed E-state index contributed by atoms with van der Waals surface area (Å²) < 4.78 is 13.5. The number of hydrogen-bond acceptors (Lipinski definition) is 2. The van der Waals surface area contributed by atoms with Crippen LogP contribution in [0.5, 0.6) is 11.5 Å². The molecule has 272 valence electrons. The van der Waals surface area contributed by atoms with Crippen LogP contribution in [0.25, 0.3) is 66.5 Å². The van der Waals surface area contributed by atoms with Crippen molar-refractivity contribution in [2.24, 2.45) is 4.99 Å². The molecule has 10 aromatic rings. The number of hydrogen-bond donors (Lipinski definition) is 0. The second kappa shape index (κ2) is 14.3. The molecule has 2 heterocycles. The van der Waals surface area contributed by atoms with E-state index in [1.165, 1.54) is 10.9 Å². The Bertz CT molecular complexity index is 3040. The number of aromatic nitrogens is 3. The normalized spacial score (nSPS) is 11.8. The van der Waals surface area contributed by atoms with Gasteiger partial charge in [0.1, 0.15) is 28.7 Å². The maximum absolute atomic E-state index is 6.69. The summed E-state index contributed by atoms with van der Waals surface area (Å²) >= 11 is 0. The lowest BCUT2D eigenvalue weighted by Gasteiger charge is -2.13. The Hall–Kier alpha value is -7.50. The number of aliphatic imine (C=N–C) groups is 1. The van der Waals surface area contributed by atoms with Crippen molar-refractivity contribution in [2.45, 2.75) is 13.8 Å². The van der Waals surface area contributed by atoms with Crippen LogP contribution in [0.3, 0.4) is 0 Å². The molecule has 0 amide bonds. The Morgan fingerprint density at radius 3 is 1.88 bits per heavy atom. The van der Waals surface area contributed by atoms with Gasteiger partial charge in [-0.05, 0) is 79.6 Å². The zero-order valence-corrected chi connectivity index (χ0v) is 31.7. The smallest absolute Gasteiger partial charge is 0.255 e. The minimum atomic E-state index is 0.749. The summed E-state index contributed by atoms with van der Waals surface area (Å²) in [5.74, 6) is 2.39. The molecular formula is C52H39N4O+. The zero-order valence-electron chi connectivity index (χ0n) is 31.7. The predicted molar refractivity (Wildman–Crippen MR) is 235 cm³/mol. The average Bonchev–Trinajstić information content (AvgIpc) is 3.81. The van der Waals surface area contributed by atoms with Gasteiger partial charge in [0.05, 0.1) is 16.7 Å². The van der Waals surface area contributed by atoms with Crippen molar-refractivity contribution in [1.29, 1.82) is 0 Å². The second-order valence-electron chi connectivity index (χ2n) is 14.4. The monoisotopic (exact) mass is 735 g/mol. The number of fused-ring (bicyclic) bond motifs is 4. The molecule has 8 aromatic carbocycles. The number of aryl methyl sites for hydroxylation is 1. The van der Waals surface area contributed by atoms with Crippen molar-refractivity contribution >= 4 is 44.4 Å². The Labute approximate surface area is 331 Å². The summed E-state index contributed by atoms with van der Waals surface area (Å²) in [6.45, 7) is 4.16.